The number of nitrogens with one attached hydrogen (secondary N) is 1. The maximum absolute atomic E-state index is 3.55. The van der Waals surface area contributed by atoms with E-state index >= 15 is 0 Å². The minimum Gasteiger partial charge on any atom is -0.315 e. The number of likely N-dealkylation sites (N-methyl/N-ethyl adjacent to an activating group) is 1. The molecule has 2 heteroatoms. The quantitative estimate of drug-likeness (QED) is 0.816. The molecule has 2 atom stereocenters. The van der Waals surface area contributed by atoms with Gasteiger partial charge in [0.1, 0.15) is 0 Å². The molecule has 0 radical (unpaired) electrons. The molecule has 1 aliphatic rings. The Hall–Kier alpha value is -0.0800. The highest BCUT2D eigenvalue weighted by molar-refractivity contribution is 4.83. The first-order valence-electron chi connectivity index (χ1n) is 8.31. The van der Waals surface area contributed by atoms with E-state index in [2.05, 4.69) is 51.8 Å². The number of nitrogens with zero attached hydrogens (tertiary/aromatic N) is 1. The first-order valence-corrected chi connectivity index (χ1v) is 8.31. The Morgan fingerprint density at radius 1 is 1.16 bits per heavy atom. The van der Waals surface area contributed by atoms with Crippen LogP contribution in [0.2, 0.25) is 0 Å². The summed E-state index contributed by atoms with van der Waals surface area (Å²) in [5.74, 6) is 1.63. The fourth-order valence-corrected chi connectivity index (χ4v) is 3.39. The first-order chi connectivity index (χ1) is 8.86. The molecule has 0 amide bonds. The van der Waals surface area contributed by atoms with Crippen LogP contribution >= 0.6 is 0 Å². The summed E-state index contributed by atoms with van der Waals surface area (Å²) in [5, 5.41) is 3.55. The normalized spacial score (nSPS) is 24.5. The van der Waals surface area contributed by atoms with Crippen LogP contribution in [0.25, 0.3) is 0 Å². The van der Waals surface area contributed by atoms with E-state index in [9.17, 15) is 0 Å². The molecule has 0 aromatic heterocycles. The maximum Gasteiger partial charge on any atom is 0.0243 e. The van der Waals surface area contributed by atoms with Gasteiger partial charge in [-0.1, -0.05) is 41.5 Å². The smallest absolute Gasteiger partial charge is 0.0243 e. The summed E-state index contributed by atoms with van der Waals surface area (Å²) in [7, 11) is 0. The highest BCUT2D eigenvalue weighted by Crippen LogP contribution is 2.34. The average molecular weight is 268 g/mol. The van der Waals surface area contributed by atoms with Crippen LogP contribution in [-0.2, 0) is 0 Å². The lowest BCUT2D eigenvalue weighted by Crippen LogP contribution is -2.46. The molecule has 0 aliphatic carbocycles. The third-order valence-corrected chi connectivity index (χ3v) is 4.83. The zero-order valence-electron chi connectivity index (χ0n) is 14.1. The molecule has 2 unspecified atom stereocenters. The summed E-state index contributed by atoms with van der Waals surface area (Å²) in [6.07, 6.45) is 4.15. The Morgan fingerprint density at radius 2 is 1.84 bits per heavy atom. The Bertz CT molecular complexity index is 242. The predicted octanol–water partition coefficient (Wildman–Crippen LogP) is 3.77. The van der Waals surface area contributed by atoms with Crippen LogP contribution in [0.3, 0.4) is 0 Å². The van der Waals surface area contributed by atoms with Gasteiger partial charge in [0.2, 0.25) is 0 Å². The van der Waals surface area contributed by atoms with Gasteiger partial charge in [0.25, 0.3) is 0 Å². The molecular formula is C17H36N2. The van der Waals surface area contributed by atoms with Crippen molar-refractivity contribution in [3.05, 3.63) is 0 Å². The highest BCUT2D eigenvalue weighted by atomic mass is 15.2. The van der Waals surface area contributed by atoms with E-state index in [-0.39, 0.29) is 0 Å². The molecule has 1 aliphatic heterocycles. The fraction of sp³-hybridized carbons (Fsp3) is 1.00. The van der Waals surface area contributed by atoms with Gasteiger partial charge >= 0.3 is 0 Å². The molecule has 2 nitrogen and oxygen atoms in total. The fourth-order valence-electron chi connectivity index (χ4n) is 3.39. The van der Waals surface area contributed by atoms with E-state index in [1.54, 1.807) is 0 Å². The molecule has 0 saturated carbocycles. The molecule has 1 heterocycles. The molecule has 0 spiro atoms. The van der Waals surface area contributed by atoms with Crippen molar-refractivity contribution in [3.8, 4) is 0 Å². The Morgan fingerprint density at radius 3 is 2.37 bits per heavy atom. The summed E-state index contributed by atoms with van der Waals surface area (Å²) in [5.41, 5.74) is 0.477. The number of hydrogen-bond donors (Lipinski definition) is 1. The van der Waals surface area contributed by atoms with Crippen molar-refractivity contribution in [1.82, 2.24) is 10.2 Å². The monoisotopic (exact) mass is 268 g/mol. The van der Waals surface area contributed by atoms with Gasteiger partial charge in [-0.2, -0.15) is 0 Å². The molecular weight excluding hydrogens is 232 g/mol. The molecule has 0 aromatic carbocycles. The lowest BCUT2D eigenvalue weighted by Gasteiger charge is -2.34. The second-order valence-corrected chi connectivity index (χ2v) is 7.65. The van der Waals surface area contributed by atoms with E-state index in [4.69, 9.17) is 0 Å². The van der Waals surface area contributed by atoms with Gasteiger partial charge in [0.15, 0.2) is 0 Å². The van der Waals surface area contributed by atoms with Crippen LogP contribution in [-0.4, -0.2) is 37.1 Å². The van der Waals surface area contributed by atoms with Gasteiger partial charge < -0.3 is 5.32 Å². The van der Waals surface area contributed by atoms with E-state index in [1.807, 2.05) is 0 Å². The summed E-state index contributed by atoms with van der Waals surface area (Å²) >= 11 is 0. The van der Waals surface area contributed by atoms with E-state index < -0.39 is 0 Å². The molecule has 0 aromatic rings. The summed E-state index contributed by atoms with van der Waals surface area (Å²) in [6.45, 7) is 19.0. The predicted molar refractivity (Wildman–Crippen MR) is 85.5 cm³/mol. The number of rotatable bonds is 5. The van der Waals surface area contributed by atoms with Crippen LogP contribution in [0.1, 0.15) is 60.8 Å². The highest BCUT2D eigenvalue weighted by Gasteiger charge is 2.29. The van der Waals surface area contributed by atoms with E-state index in [0.717, 1.165) is 24.9 Å². The van der Waals surface area contributed by atoms with Crippen LogP contribution < -0.4 is 5.32 Å². The van der Waals surface area contributed by atoms with Crippen LogP contribution in [0, 0.1) is 17.3 Å². The Balaban J connectivity index is 2.58. The Labute approximate surface area is 121 Å². The van der Waals surface area contributed by atoms with Crippen molar-refractivity contribution in [2.24, 2.45) is 17.3 Å². The standard InChI is InChI=1S/C17H36N2/c1-7-18-13-16(14(2)3)19-11-8-9-15(10-12-19)17(4,5)6/h14-16,18H,7-13H2,1-6H3. The summed E-state index contributed by atoms with van der Waals surface area (Å²) in [6, 6.07) is 0.707. The lowest BCUT2D eigenvalue weighted by atomic mass is 9.77. The third-order valence-electron chi connectivity index (χ3n) is 4.83. The van der Waals surface area contributed by atoms with E-state index in [0.29, 0.717) is 11.5 Å². The van der Waals surface area contributed by atoms with E-state index in [1.165, 1.54) is 32.4 Å². The molecule has 114 valence electrons. The average Bonchev–Trinajstić information content (AvgIpc) is 2.54. The number of likely N-dealkylation sites (tertiary alicyclic amines) is 1. The van der Waals surface area contributed by atoms with Crippen LogP contribution in [0.15, 0.2) is 0 Å². The molecule has 0 bridgehead atoms. The topological polar surface area (TPSA) is 15.3 Å². The molecule has 19 heavy (non-hydrogen) atoms. The largest absolute Gasteiger partial charge is 0.315 e. The third kappa shape index (κ3) is 5.43. The minimum atomic E-state index is 0.477. The molecule has 1 fully saturated rings. The zero-order valence-corrected chi connectivity index (χ0v) is 14.1. The van der Waals surface area contributed by atoms with Crippen molar-refractivity contribution in [1.29, 1.82) is 0 Å². The summed E-state index contributed by atoms with van der Waals surface area (Å²) < 4.78 is 0. The zero-order chi connectivity index (χ0) is 14.5. The molecule has 1 rings (SSSR count). The van der Waals surface area contributed by atoms with Gasteiger partial charge in [-0.3, -0.25) is 4.90 Å². The van der Waals surface area contributed by atoms with Gasteiger partial charge in [-0.25, -0.2) is 0 Å². The van der Waals surface area contributed by atoms with Crippen molar-refractivity contribution >= 4 is 0 Å². The summed E-state index contributed by atoms with van der Waals surface area (Å²) in [4.78, 5) is 2.75. The molecule has 1 saturated heterocycles. The second-order valence-electron chi connectivity index (χ2n) is 7.65. The second kappa shape index (κ2) is 7.64. The van der Waals surface area contributed by atoms with Crippen LogP contribution in [0.4, 0.5) is 0 Å². The van der Waals surface area contributed by atoms with Crippen molar-refractivity contribution in [3.63, 3.8) is 0 Å². The van der Waals surface area contributed by atoms with Crippen LogP contribution in [0.5, 0.6) is 0 Å². The lowest BCUT2D eigenvalue weighted by molar-refractivity contribution is 0.148. The SMILES string of the molecule is CCNCC(C(C)C)N1CCCC(C(C)(C)C)CC1. The first kappa shape index (κ1) is 17.0. The van der Waals surface area contributed by atoms with Crippen molar-refractivity contribution < 1.29 is 0 Å². The Kier molecular flexibility index (Phi) is 6.82. The van der Waals surface area contributed by atoms with Gasteiger partial charge in [-0.05, 0) is 56.1 Å². The molecule has 1 N–H and O–H groups in total. The number of hydrogen-bond acceptors (Lipinski definition) is 2. The van der Waals surface area contributed by atoms with Gasteiger partial charge in [0.05, 0.1) is 0 Å². The van der Waals surface area contributed by atoms with Gasteiger partial charge in [-0.15, -0.1) is 0 Å². The maximum atomic E-state index is 3.55. The van der Waals surface area contributed by atoms with Gasteiger partial charge in [0, 0.05) is 12.6 Å². The minimum absolute atomic E-state index is 0.477. The van der Waals surface area contributed by atoms with Crippen molar-refractivity contribution in [2.75, 3.05) is 26.2 Å². The van der Waals surface area contributed by atoms with Crippen molar-refractivity contribution in [2.45, 2.75) is 66.8 Å².